The molecule has 4 nitrogen and oxygen atoms in total. The molecule has 2 amide bonds. The van der Waals surface area contributed by atoms with Crippen LogP contribution in [0.15, 0.2) is 59.1 Å². The highest BCUT2D eigenvalue weighted by Gasteiger charge is 2.29. The molecule has 0 saturated carbocycles. The Morgan fingerprint density at radius 3 is 2.26 bits per heavy atom. The first-order valence-electron chi connectivity index (χ1n) is 9.40. The minimum Gasteiger partial charge on any atom is -0.354 e. The minimum absolute atomic E-state index is 0.0227. The van der Waals surface area contributed by atoms with E-state index in [4.69, 9.17) is 0 Å². The van der Waals surface area contributed by atoms with E-state index in [0.29, 0.717) is 25.9 Å². The van der Waals surface area contributed by atoms with E-state index in [9.17, 15) is 9.59 Å². The standard InChI is InChI=1S/C22H27BrN2O2/c1-3-14-24-22(27)20(15-17-8-6-5-7-9-17)25(21(26)4-2)16-18-10-12-19(23)13-11-18/h5-13,20H,3-4,14-16H2,1-2H3,(H,24,27)/t20-/m0/s1. The first kappa shape index (κ1) is 21.2. The van der Waals surface area contributed by atoms with Crippen molar-refractivity contribution in [3.8, 4) is 0 Å². The van der Waals surface area contributed by atoms with E-state index in [0.717, 1.165) is 22.0 Å². The summed E-state index contributed by atoms with van der Waals surface area (Å²) in [5, 5.41) is 2.97. The Hall–Kier alpha value is -2.14. The normalized spacial score (nSPS) is 11.7. The second-order valence-electron chi connectivity index (χ2n) is 6.50. The first-order chi connectivity index (χ1) is 13.0. The lowest BCUT2D eigenvalue weighted by Gasteiger charge is -2.31. The fraction of sp³-hybridized carbons (Fsp3) is 0.364. The largest absolute Gasteiger partial charge is 0.354 e. The lowest BCUT2D eigenvalue weighted by molar-refractivity contribution is -0.141. The van der Waals surface area contributed by atoms with Gasteiger partial charge >= 0.3 is 0 Å². The molecule has 0 aliphatic carbocycles. The monoisotopic (exact) mass is 430 g/mol. The van der Waals surface area contributed by atoms with Crippen LogP contribution in [0, 0.1) is 0 Å². The van der Waals surface area contributed by atoms with Crippen LogP contribution < -0.4 is 5.32 Å². The highest BCUT2D eigenvalue weighted by atomic mass is 79.9. The molecule has 0 bridgehead atoms. The van der Waals surface area contributed by atoms with Gasteiger partial charge in [-0.3, -0.25) is 9.59 Å². The summed E-state index contributed by atoms with van der Waals surface area (Å²) in [6.07, 6.45) is 1.72. The molecule has 0 aliphatic rings. The Kier molecular flexibility index (Phi) is 8.52. The molecule has 0 radical (unpaired) electrons. The number of nitrogens with one attached hydrogen (secondary N) is 1. The zero-order valence-electron chi connectivity index (χ0n) is 16.0. The van der Waals surface area contributed by atoms with Gasteiger partial charge in [-0.15, -0.1) is 0 Å². The number of carbonyl (C=O) groups is 2. The summed E-state index contributed by atoms with van der Waals surface area (Å²) in [4.78, 5) is 27.3. The van der Waals surface area contributed by atoms with E-state index in [-0.39, 0.29) is 11.8 Å². The summed E-state index contributed by atoms with van der Waals surface area (Å²) in [7, 11) is 0. The molecule has 1 atom stereocenters. The SMILES string of the molecule is CCCNC(=O)[C@H](Cc1ccccc1)N(Cc1ccc(Br)cc1)C(=O)CC. The molecule has 144 valence electrons. The van der Waals surface area contributed by atoms with Crippen LogP contribution >= 0.6 is 15.9 Å². The average Bonchev–Trinajstić information content (AvgIpc) is 2.70. The van der Waals surface area contributed by atoms with Gasteiger partial charge in [0.25, 0.3) is 0 Å². The van der Waals surface area contributed by atoms with Gasteiger partial charge in [0, 0.05) is 30.4 Å². The maximum atomic E-state index is 12.9. The van der Waals surface area contributed by atoms with Crippen LogP contribution in [0.25, 0.3) is 0 Å². The molecule has 2 rings (SSSR count). The van der Waals surface area contributed by atoms with Crippen LogP contribution in [0.3, 0.4) is 0 Å². The average molecular weight is 431 g/mol. The Balaban J connectivity index is 2.30. The van der Waals surface area contributed by atoms with Gasteiger partial charge in [-0.1, -0.05) is 72.2 Å². The number of hydrogen-bond donors (Lipinski definition) is 1. The van der Waals surface area contributed by atoms with Crippen molar-refractivity contribution in [2.45, 2.75) is 45.7 Å². The third-order valence-corrected chi connectivity index (χ3v) is 4.92. The number of rotatable bonds is 9. The van der Waals surface area contributed by atoms with Crippen LogP contribution in [0.1, 0.15) is 37.8 Å². The summed E-state index contributed by atoms with van der Waals surface area (Å²) >= 11 is 3.43. The Morgan fingerprint density at radius 1 is 1.00 bits per heavy atom. The van der Waals surface area contributed by atoms with E-state index >= 15 is 0 Å². The third-order valence-electron chi connectivity index (χ3n) is 4.39. The Bertz CT molecular complexity index is 732. The van der Waals surface area contributed by atoms with Crippen LogP contribution in [-0.4, -0.2) is 29.3 Å². The molecule has 0 aliphatic heterocycles. The van der Waals surface area contributed by atoms with E-state index in [2.05, 4.69) is 21.2 Å². The van der Waals surface area contributed by atoms with Crippen LogP contribution in [0.4, 0.5) is 0 Å². The molecule has 0 spiro atoms. The maximum absolute atomic E-state index is 12.9. The Morgan fingerprint density at radius 2 is 1.67 bits per heavy atom. The lowest BCUT2D eigenvalue weighted by atomic mass is 10.0. The van der Waals surface area contributed by atoms with Crippen LogP contribution in [-0.2, 0) is 22.6 Å². The van der Waals surface area contributed by atoms with E-state index in [1.165, 1.54) is 0 Å². The summed E-state index contributed by atoms with van der Waals surface area (Å²) < 4.78 is 0.987. The summed E-state index contributed by atoms with van der Waals surface area (Å²) in [6, 6.07) is 17.2. The zero-order chi connectivity index (χ0) is 19.6. The molecule has 0 aromatic heterocycles. The van der Waals surface area contributed by atoms with Crippen molar-refractivity contribution >= 4 is 27.7 Å². The second kappa shape index (κ2) is 10.9. The summed E-state index contributed by atoms with van der Waals surface area (Å²) in [5.74, 6) is -0.120. The predicted molar refractivity (Wildman–Crippen MR) is 112 cm³/mol. The van der Waals surface area contributed by atoms with E-state index < -0.39 is 6.04 Å². The summed E-state index contributed by atoms with van der Waals surface area (Å²) in [6.45, 7) is 4.87. The molecule has 1 N–H and O–H groups in total. The van der Waals surface area contributed by atoms with Gasteiger partial charge in [0.15, 0.2) is 0 Å². The number of amides is 2. The number of nitrogens with zero attached hydrogens (tertiary/aromatic N) is 1. The quantitative estimate of drug-likeness (QED) is 0.643. The highest BCUT2D eigenvalue weighted by Crippen LogP contribution is 2.17. The third kappa shape index (κ3) is 6.51. The molecule has 0 fully saturated rings. The topological polar surface area (TPSA) is 49.4 Å². The van der Waals surface area contributed by atoms with Gasteiger partial charge in [-0.2, -0.15) is 0 Å². The number of carbonyl (C=O) groups excluding carboxylic acids is 2. The van der Waals surface area contributed by atoms with Gasteiger partial charge < -0.3 is 10.2 Å². The Labute approximate surface area is 170 Å². The molecular formula is C22H27BrN2O2. The van der Waals surface area contributed by atoms with Gasteiger partial charge in [0.2, 0.25) is 11.8 Å². The van der Waals surface area contributed by atoms with Crippen molar-refractivity contribution in [2.24, 2.45) is 0 Å². The maximum Gasteiger partial charge on any atom is 0.243 e. The molecule has 5 heteroatoms. The molecule has 0 saturated heterocycles. The molecule has 2 aromatic rings. The number of benzene rings is 2. The summed E-state index contributed by atoms with van der Waals surface area (Å²) in [5.41, 5.74) is 2.04. The van der Waals surface area contributed by atoms with Crippen molar-refractivity contribution in [3.63, 3.8) is 0 Å². The lowest BCUT2D eigenvalue weighted by Crippen LogP contribution is -2.50. The van der Waals surface area contributed by atoms with Gasteiger partial charge in [-0.25, -0.2) is 0 Å². The molecular weight excluding hydrogens is 404 g/mol. The highest BCUT2D eigenvalue weighted by molar-refractivity contribution is 9.10. The van der Waals surface area contributed by atoms with Gasteiger partial charge in [0.05, 0.1) is 0 Å². The second-order valence-corrected chi connectivity index (χ2v) is 7.41. The van der Waals surface area contributed by atoms with Crippen molar-refractivity contribution < 1.29 is 9.59 Å². The fourth-order valence-electron chi connectivity index (χ4n) is 2.91. The van der Waals surface area contributed by atoms with Crippen molar-refractivity contribution in [2.75, 3.05) is 6.54 Å². The molecule has 0 heterocycles. The molecule has 27 heavy (non-hydrogen) atoms. The first-order valence-corrected chi connectivity index (χ1v) is 10.2. The fourth-order valence-corrected chi connectivity index (χ4v) is 3.17. The van der Waals surface area contributed by atoms with Crippen molar-refractivity contribution in [3.05, 3.63) is 70.2 Å². The van der Waals surface area contributed by atoms with Crippen LogP contribution in [0.2, 0.25) is 0 Å². The number of hydrogen-bond acceptors (Lipinski definition) is 2. The number of halogens is 1. The van der Waals surface area contributed by atoms with Crippen molar-refractivity contribution in [1.29, 1.82) is 0 Å². The van der Waals surface area contributed by atoms with E-state index in [1.54, 1.807) is 4.90 Å². The smallest absolute Gasteiger partial charge is 0.243 e. The van der Waals surface area contributed by atoms with E-state index in [1.807, 2.05) is 68.4 Å². The van der Waals surface area contributed by atoms with Crippen LogP contribution in [0.5, 0.6) is 0 Å². The minimum atomic E-state index is -0.532. The van der Waals surface area contributed by atoms with Crippen molar-refractivity contribution in [1.82, 2.24) is 10.2 Å². The van der Waals surface area contributed by atoms with Gasteiger partial charge in [-0.05, 0) is 29.7 Å². The zero-order valence-corrected chi connectivity index (χ0v) is 17.5. The molecule has 0 unspecified atom stereocenters. The predicted octanol–water partition coefficient (Wildman–Crippen LogP) is 4.33. The molecule has 2 aromatic carbocycles. The van der Waals surface area contributed by atoms with Gasteiger partial charge in [0.1, 0.15) is 6.04 Å².